The van der Waals surface area contributed by atoms with E-state index >= 15 is 0 Å². The second kappa shape index (κ2) is 7.73. The number of nitrogens with one attached hydrogen (secondary N) is 1. The number of benzene rings is 1. The van der Waals surface area contributed by atoms with Crippen LogP contribution in [0.4, 0.5) is 14.6 Å². The van der Waals surface area contributed by atoms with Crippen LogP contribution >= 0.6 is 0 Å². The van der Waals surface area contributed by atoms with Crippen LogP contribution in [0.5, 0.6) is 0 Å². The number of hydrogen-bond donors (Lipinski definition) is 1. The van der Waals surface area contributed by atoms with Gasteiger partial charge in [-0.15, -0.1) is 10.2 Å². The zero-order valence-electron chi connectivity index (χ0n) is 17.4. The summed E-state index contributed by atoms with van der Waals surface area (Å²) in [5.74, 6) is 0.962. The molecule has 1 fully saturated rings. The molecule has 0 bridgehead atoms. The Hall–Kier alpha value is -4.21. The van der Waals surface area contributed by atoms with Crippen LogP contribution in [0.15, 0.2) is 61.2 Å². The highest BCUT2D eigenvalue weighted by molar-refractivity contribution is 5.74. The topological polar surface area (TPSA) is 87.9 Å². The van der Waals surface area contributed by atoms with Gasteiger partial charge in [0.1, 0.15) is 17.5 Å². The summed E-state index contributed by atoms with van der Waals surface area (Å²) >= 11 is 0. The average Bonchev–Trinajstić information content (AvgIpc) is 3.60. The summed E-state index contributed by atoms with van der Waals surface area (Å²) in [6, 6.07) is 8.82. The molecule has 1 aliphatic rings. The maximum atomic E-state index is 14.5. The maximum Gasteiger partial charge on any atom is 0.168 e. The highest BCUT2D eigenvalue weighted by Crippen LogP contribution is 2.37. The van der Waals surface area contributed by atoms with Gasteiger partial charge in [0.05, 0.1) is 17.8 Å². The molecular weight excluding hydrogens is 426 g/mol. The van der Waals surface area contributed by atoms with Gasteiger partial charge in [-0.3, -0.25) is 4.98 Å². The molecule has 0 radical (unpaired) electrons. The fraction of sp³-hybridized carbons (Fsp3) is 0.174. The Kier molecular flexibility index (Phi) is 4.56. The largest absolute Gasteiger partial charge is 0.349 e. The second-order valence-corrected chi connectivity index (χ2v) is 7.89. The van der Waals surface area contributed by atoms with Gasteiger partial charge >= 0.3 is 0 Å². The lowest BCUT2D eigenvalue weighted by atomic mass is 10.0. The molecule has 10 heteroatoms. The SMILES string of the molecule is Fc1ccc(F)c([C@H]2CCCN2c2ccn3ncc(-c4nnc(-c5ccncc5)[nH]4)c3n2)c1. The molecule has 164 valence electrons. The lowest BCUT2D eigenvalue weighted by Gasteiger charge is -2.26. The summed E-state index contributed by atoms with van der Waals surface area (Å²) in [4.78, 5) is 14.1. The van der Waals surface area contributed by atoms with Crippen molar-refractivity contribution in [2.45, 2.75) is 18.9 Å². The van der Waals surface area contributed by atoms with Gasteiger partial charge in [-0.25, -0.2) is 18.3 Å². The normalized spacial score (nSPS) is 16.1. The van der Waals surface area contributed by atoms with Crippen molar-refractivity contribution in [3.63, 3.8) is 0 Å². The third-order valence-electron chi connectivity index (χ3n) is 5.91. The lowest BCUT2D eigenvalue weighted by molar-refractivity contribution is 0.560. The van der Waals surface area contributed by atoms with Gasteiger partial charge in [0.2, 0.25) is 0 Å². The third-order valence-corrected chi connectivity index (χ3v) is 5.91. The van der Waals surface area contributed by atoms with E-state index in [0.29, 0.717) is 40.8 Å². The van der Waals surface area contributed by atoms with Gasteiger partial charge in [0, 0.05) is 36.3 Å². The average molecular weight is 444 g/mol. The molecular formula is C23H18F2N8. The first-order valence-corrected chi connectivity index (χ1v) is 10.6. The zero-order valence-corrected chi connectivity index (χ0v) is 17.4. The minimum absolute atomic E-state index is 0.286. The molecule has 0 aliphatic carbocycles. The standard InChI is InChI=1S/C23H18F2N8/c24-15-3-4-18(25)16(12-15)19-2-1-10-32(19)20-7-11-33-23(28-20)17(13-27-33)22-29-21(30-31-22)14-5-8-26-9-6-14/h3-9,11-13,19H,1-2,10H2,(H,29,30,31)/t19-/m1/s1. The van der Waals surface area contributed by atoms with Crippen LogP contribution in [-0.2, 0) is 0 Å². The van der Waals surface area contributed by atoms with Crippen molar-refractivity contribution in [3.05, 3.63) is 78.4 Å². The van der Waals surface area contributed by atoms with E-state index in [1.807, 2.05) is 23.1 Å². The summed E-state index contributed by atoms with van der Waals surface area (Å²) in [5, 5.41) is 12.9. The van der Waals surface area contributed by atoms with Crippen molar-refractivity contribution in [3.8, 4) is 22.8 Å². The van der Waals surface area contributed by atoms with Crippen LogP contribution in [0.1, 0.15) is 24.4 Å². The molecule has 0 unspecified atom stereocenters. The molecule has 1 aliphatic heterocycles. The molecule has 4 aromatic heterocycles. The van der Waals surface area contributed by atoms with E-state index in [4.69, 9.17) is 4.98 Å². The van der Waals surface area contributed by atoms with Gasteiger partial charge in [0.25, 0.3) is 0 Å². The Balaban J connectivity index is 1.38. The lowest BCUT2D eigenvalue weighted by Crippen LogP contribution is -2.24. The molecule has 0 spiro atoms. The molecule has 6 rings (SSSR count). The molecule has 5 heterocycles. The monoisotopic (exact) mass is 444 g/mol. The zero-order chi connectivity index (χ0) is 22.4. The van der Waals surface area contributed by atoms with Gasteiger partial charge in [-0.1, -0.05) is 0 Å². The van der Waals surface area contributed by atoms with Crippen molar-refractivity contribution in [1.82, 2.24) is 34.8 Å². The molecule has 1 saturated heterocycles. The maximum absolute atomic E-state index is 14.5. The first-order chi connectivity index (χ1) is 16.2. The Bertz CT molecular complexity index is 1450. The number of pyridine rings is 1. The number of fused-ring (bicyclic) bond motifs is 1. The highest BCUT2D eigenvalue weighted by atomic mass is 19.1. The summed E-state index contributed by atoms with van der Waals surface area (Å²) < 4.78 is 30.0. The smallest absolute Gasteiger partial charge is 0.168 e. The van der Waals surface area contributed by atoms with E-state index in [-0.39, 0.29) is 6.04 Å². The first-order valence-electron chi connectivity index (χ1n) is 10.6. The highest BCUT2D eigenvalue weighted by Gasteiger charge is 2.30. The Morgan fingerprint density at radius 3 is 2.73 bits per heavy atom. The Morgan fingerprint density at radius 1 is 1.00 bits per heavy atom. The van der Waals surface area contributed by atoms with Crippen molar-refractivity contribution >= 4 is 11.5 Å². The number of nitrogens with zero attached hydrogens (tertiary/aromatic N) is 7. The van der Waals surface area contributed by atoms with Crippen LogP contribution in [-0.4, -0.2) is 41.3 Å². The number of rotatable bonds is 4. The van der Waals surface area contributed by atoms with Crippen molar-refractivity contribution in [1.29, 1.82) is 0 Å². The summed E-state index contributed by atoms with van der Waals surface area (Å²) in [6.45, 7) is 0.696. The summed E-state index contributed by atoms with van der Waals surface area (Å²) in [7, 11) is 0. The molecule has 33 heavy (non-hydrogen) atoms. The van der Waals surface area contributed by atoms with Crippen LogP contribution in [0.2, 0.25) is 0 Å². The predicted molar refractivity (Wildman–Crippen MR) is 117 cm³/mol. The quantitative estimate of drug-likeness (QED) is 0.447. The number of aromatic amines is 1. The molecule has 1 atom stereocenters. The van der Waals surface area contributed by atoms with Gasteiger partial charge in [-0.05, 0) is 49.2 Å². The van der Waals surface area contributed by atoms with Crippen LogP contribution < -0.4 is 4.90 Å². The van der Waals surface area contributed by atoms with Crippen LogP contribution in [0, 0.1) is 11.6 Å². The van der Waals surface area contributed by atoms with E-state index in [1.165, 1.54) is 12.1 Å². The van der Waals surface area contributed by atoms with E-state index in [1.54, 1.807) is 29.3 Å². The van der Waals surface area contributed by atoms with E-state index in [0.717, 1.165) is 24.5 Å². The minimum Gasteiger partial charge on any atom is -0.349 e. The number of H-pyrrole nitrogens is 1. The van der Waals surface area contributed by atoms with E-state index in [2.05, 4.69) is 25.3 Å². The Morgan fingerprint density at radius 2 is 1.85 bits per heavy atom. The fourth-order valence-electron chi connectivity index (χ4n) is 4.34. The van der Waals surface area contributed by atoms with Crippen molar-refractivity contribution < 1.29 is 8.78 Å². The minimum atomic E-state index is -0.449. The van der Waals surface area contributed by atoms with E-state index in [9.17, 15) is 8.78 Å². The molecule has 0 amide bonds. The van der Waals surface area contributed by atoms with Crippen molar-refractivity contribution in [2.24, 2.45) is 0 Å². The molecule has 1 aromatic carbocycles. The molecule has 1 N–H and O–H groups in total. The molecule has 0 saturated carbocycles. The third kappa shape index (κ3) is 3.39. The number of aromatic nitrogens is 7. The fourth-order valence-corrected chi connectivity index (χ4v) is 4.34. The molecule has 8 nitrogen and oxygen atoms in total. The van der Waals surface area contributed by atoms with Crippen LogP contribution in [0.25, 0.3) is 28.4 Å². The number of anilines is 1. The van der Waals surface area contributed by atoms with Crippen molar-refractivity contribution in [2.75, 3.05) is 11.4 Å². The first kappa shape index (κ1) is 19.5. The summed E-state index contributed by atoms with van der Waals surface area (Å²) in [6.07, 6.45) is 8.44. The Labute approximate surface area is 187 Å². The van der Waals surface area contributed by atoms with Crippen LogP contribution in [0.3, 0.4) is 0 Å². The second-order valence-electron chi connectivity index (χ2n) is 7.89. The van der Waals surface area contributed by atoms with Gasteiger partial charge in [0.15, 0.2) is 17.3 Å². The number of halogens is 2. The number of hydrogen-bond acceptors (Lipinski definition) is 6. The predicted octanol–water partition coefficient (Wildman–Crippen LogP) is 4.20. The molecule has 5 aromatic rings. The van der Waals surface area contributed by atoms with Gasteiger partial charge < -0.3 is 9.88 Å². The van der Waals surface area contributed by atoms with Gasteiger partial charge in [-0.2, -0.15) is 5.10 Å². The summed E-state index contributed by atoms with van der Waals surface area (Å²) in [5.41, 5.74) is 2.50. The van der Waals surface area contributed by atoms with E-state index < -0.39 is 11.6 Å².